The number of hydrogen-bond donors (Lipinski definition) is 1. The van der Waals surface area contributed by atoms with Crippen LogP contribution in [0.4, 0.5) is 4.79 Å². The van der Waals surface area contributed by atoms with E-state index in [2.05, 4.69) is 10.2 Å². The highest BCUT2D eigenvalue weighted by atomic mass is 16.5. The molecule has 0 radical (unpaired) electrons. The van der Waals surface area contributed by atoms with Crippen LogP contribution in [0, 0.1) is 5.92 Å². The van der Waals surface area contributed by atoms with E-state index in [1.54, 1.807) is 0 Å². The van der Waals surface area contributed by atoms with Crippen molar-refractivity contribution in [3.05, 3.63) is 0 Å². The van der Waals surface area contributed by atoms with Crippen LogP contribution < -0.4 is 5.32 Å². The van der Waals surface area contributed by atoms with E-state index in [1.165, 1.54) is 25.7 Å². The predicted molar refractivity (Wildman–Crippen MR) is 84.5 cm³/mol. The second-order valence-electron chi connectivity index (χ2n) is 6.12. The number of rotatable bonds is 5. The van der Waals surface area contributed by atoms with Gasteiger partial charge in [0, 0.05) is 38.8 Å². The molecule has 0 bridgehead atoms. The number of nitrogens with zero attached hydrogens (tertiary/aromatic N) is 2. The molecule has 1 saturated heterocycles. The molecular weight excluding hydrogens is 266 g/mol. The van der Waals surface area contributed by atoms with Crippen molar-refractivity contribution in [1.82, 2.24) is 15.1 Å². The average molecular weight is 297 g/mol. The van der Waals surface area contributed by atoms with Crippen LogP contribution in [0.5, 0.6) is 0 Å². The average Bonchev–Trinajstić information content (AvgIpc) is 2.55. The fraction of sp³-hybridized carbons (Fsp3) is 0.938. The lowest BCUT2D eigenvalue weighted by Crippen LogP contribution is -2.51. The topological polar surface area (TPSA) is 44.8 Å². The van der Waals surface area contributed by atoms with Crippen molar-refractivity contribution in [2.45, 2.75) is 45.6 Å². The molecule has 0 spiro atoms. The number of carbonyl (C=O) groups is 1. The lowest BCUT2D eigenvalue weighted by molar-refractivity contribution is -0.00690. The van der Waals surface area contributed by atoms with E-state index in [1.807, 2.05) is 18.7 Å². The van der Waals surface area contributed by atoms with Crippen LogP contribution >= 0.6 is 0 Å². The molecule has 1 heterocycles. The van der Waals surface area contributed by atoms with Crippen molar-refractivity contribution in [3.8, 4) is 0 Å². The molecule has 2 aliphatic rings. The predicted octanol–water partition coefficient (Wildman–Crippen LogP) is 1.93. The van der Waals surface area contributed by atoms with Crippen LogP contribution in [0.2, 0.25) is 0 Å². The molecule has 2 rings (SSSR count). The first-order valence-corrected chi connectivity index (χ1v) is 8.60. The first kappa shape index (κ1) is 16.6. The largest absolute Gasteiger partial charge is 0.379 e. The first-order chi connectivity index (χ1) is 10.3. The maximum Gasteiger partial charge on any atom is 0.317 e. The van der Waals surface area contributed by atoms with Crippen molar-refractivity contribution < 1.29 is 9.53 Å². The van der Waals surface area contributed by atoms with E-state index in [9.17, 15) is 4.79 Å². The standard InChI is InChI=1S/C16H31N3O2/c1-3-18(4-2)16(20)17-13-14-7-5-6-8-15(14)19-9-11-21-12-10-19/h14-15H,3-13H2,1-2H3,(H,17,20)/t14-,15-/m0/s1. The molecule has 5 heteroatoms. The fourth-order valence-corrected chi connectivity index (χ4v) is 3.66. The molecule has 0 aromatic rings. The zero-order chi connectivity index (χ0) is 15.1. The van der Waals surface area contributed by atoms with Gasteiger partial charge in [-0.15, -0.1) is 0 Å². The Morgan fingerprint density at radius 1 is 1.19 bits per heavy atom. The number of hydrogen-bond acceptors (Lipinski definition) is 3. The van der Waals surface area contributed by atoms with Gasteiger partial charge >= 0.3 is 6.03 Å². The van der Waals surface area contributed by atoms with E-state index in [-0.39, 0.29) is 6.03 Å². The van der Waals surface area contributed by atoms with Crippen molar-refractivity contribution >= 4 is 6.03 Å². The molecule has 5 nitrogen and oxygen atoms in total. The Labute approximate surface area is 129 Å². The Morgan fingerprint density at radius 3 is 2.52 bits per heavy atom. The highest BCUT2D eigenvalue weighted by Crippen LogP contribution is 2.28. The highest BCUT2D eigenvalue weighted by Gasteiger charge is 2.31. The van der Waals surface area contributed by atoms with Gasteiger partial charge in [-0.3, -0.25) is 4.90 Å². The summed E-state index contributed by atoms with van der Waals surface area (Å²) in [7, 11) is 0. The third-order valence-corrected chi connectivity index (χ3v) is 4.95. The van der Waals surface area contributed by atoms with Gasteiger partial charge in [0.1, 0.15) is 0 Å². The summed E-state index contributed by atoms with van der Waals surface area (Å²) in [5, 5.41) is 3.15. The zero-order valence-corrected chi connectivity index (χ0v) is 13.6. The molecule has 2 atom stereocenters. The van der Waals surface area contributed by atoms with Gasteiger partial charge in [0.05, 0.1) is 13.2 Å². The van der Waals surface area contributed by atoms with Gasteiger partial charge in [-0.1, -0.05) is 12.8 Å². The normalized spacial score (nSPS) is 27.3. The van der Waals surface area contributed by atoms with Crippen LogP contribution in [0.25, 0.3) is 0 Å². The number of ether oxygens (including phenoxy) is 1. The molecule has 122 valence electrons. The quantitative estimate of drug-likeness (QED) is 0.843. The minimum Gasteiger partial charge on any atom is -0.379 e. The third kappa shape index (κ3) is 4.58. The summed E-state index contributed by atoms with van der Waals surface area (Å²) in [6.07, 6.45) is 5.13. The van der Waals surface area contributed by atoms with Crippen LogP contribution in [0.3, 0.4) is 0 Å². The summed E-state index contributed by atoms with van der Waals surface area (Å²) >= 11 is 0. The van der Waals surface area contributed by atoms with E-state index in [0.29, 0.717) is 12.0 Å². The van der Waals surface area contributed by atoms with E-state index in [4.69, 9.17) is 4.74 Å². The Balaban J connectivity index is 1.85. The summed E-state index contributed by atoms with van der Waals surface area (Å²) < 4.78 is 5.47. The Kier molecular flexibility index (Phi) is 6.77. The maximum absolute atomic E-state index is 12.1. The minimum absolute atomic E-state index is 0.0892. The lowest BCUT2D eigenvalue weighted by Gasteiger charge is -2.42. The van der Waals surface area contributed by atoms with Crippen molar-refractivity contribution in [3.63, 3.8) is 0 Å². The number of urea groups is 1. The molecule has 1 saturated carbocycles. The number of morpholine rings is 1. The van der Waals surface area contributed by atoms with Gasteiger partial charge in [-0.05, 0) is 32.6 Å². The van der Waals surface area contributed by atoms with Gasteiger partial charge in [0.25, 0.3) is 0 Å². The molecule has 0 aromatic heterocycles. The van der Waals surface area contributed by atoms with Crippen molar-refractivity contribution in [1.29, 1.82) is 0 Å². The molecule has 2 fully saturated rings. The Bertz CT molecular complexity index is 315. The Hall–Kier alpha value is -0.810. The summed E-state index contributed by atoms with van der Waals surface area (Å²) in [4.78, 5) is 16.5. The van der Waals surface area contributed by atoms with E-state index < -0.39 is 0 Å². The summed E-state index contributed by atoms with van der Waals surface area (Å²) in [6, 6.07) is 0.714. The fourth-order valence-electron chi connectivity index (χ4n) is 3.66. The van der Waals surface area contributed by atoms with Gasteiger partial charge < -0.3 is 15.0 Å². The lowest BCUT2D eigenvalue weighted by atomic mass is 9.83. The van der Waals surface area contributed by atoms with Gasteiger partial charge in [0.2, 0.25) is 0 Å². The number of nitrogens with one attached hydrogen (secondary N) is 1. The van der Waals surface area contributed by atoms with Crippen LogP contribution in [0.1, 0.15) is 39.5 Å². The van der Waals surface area contributed by atoms with Gasteiger partial charge in [-0.2, -0.15) is 0 Å². The summed E-state index contributed by atoms with van der Waals surface area (Å²) in [6.45, 7) is 10.2. The molecule has 1 aliphatic carbocycles. The minimum atomic E-state index is 0.0892. The molecule has 1 N–H and O–H groups in total. The monoisotopic (exact) mass is 297 g/mol. The smallest absolute Gasteiger partial charge is 0.317 e. The molecular formula is C16H31N3O2. The molecule has 2 amide bonds. The third-order valence-electron chi connectivity index (χ3n) is 4.95. The van der Waals surface area contributed by atoms with E-state index >= 15 is 0 Å². The van der Waals surface area contributed by atoms with Crippen LogP contribution in [0.15, 0.2) is 0 Å². The van der Waals surface area contributed by atoms with Crippen molar-refractivity contribution in [2.24, 2.45) is 5.92 Å². The SMILES string of the molecule is CCN(CC)C(=O)NC[C@@H]1CCCC[C@@H]1N1CCOCC1. The maximum atomic E-state index is 12.1. The van der Waals surface area contributed by atoms with Crippen LogP contribution in [-0.4, -0.2) is 67.8 Å². The molecule has 21 heavy (non-hydrogen) atoms. The second-order valence-corrected chi connectivity index (χ2v) is 6.12. The summed E-state index contributed by atoms with van der Waals surface area (Å²) in [5.74, 6) is 0.594. The second kappa shape index (κ2) is 8.59. The van der Waals surface area contributed by atoms with Gasteiger partial charge in [0.15, 0.2) is 0 Å². The highest BCUT2D eigenvalue weighted by molar-refractivity contribution is 5.74. The summed E-state index contributed by atoms with van der Waals surface area (Å²) in [5.41, 5.74) is 0. The molecule has 1 aliphatic heterocycles. The van der Waals surface area contributed by atoms with Gasteiger partial charge in [-0.25, -0.2) is 4.79 Å². The molecule has 0 aromatic carbocycles. The first-order valence-electron chi connectivity index (χ1n) is 8.60. The zero-order valence-electron chi connectivity index (χ0n) is 13.6. The molecule has 0 unspecified atom stereocenters. The van der Waals surface area contributed by atoms with Crippen LogP contribution in [-0.2, 0) is 4.74 Å². The number of carbonyl (C=O) groups excluding carboxylic acids is 1. The van der Waals surface area contributed by atoms with Crippen molar-refractivity contribution in [2.75, 3.05) is 45.9 Å². The Morgan fingerprint density at radius 2 is 1.86 bits per heavy atom. The number of amides is 2. The van der Waals surface area contributed by atoms with E-state index in [0.717, 1.165) is 45.9 Å².